The summed E-state index contributed by atoms with van der Waals surface area (Å²) < 4.78 is 14.7. The predicted molar refractivity (Wildman–Crippen MR) is 93.4 cm³/mol. The third-order valence-electron chi connectivity index (χ3n) is 2.88. The van der Waals surface area contributed by atoms with Gasteiger partial charge in [-0.3, -0.25) is 4.98 Å². The summed E-state index contributed by atoms with van der Waals surface area (Å²) in [6.45, 7) is 8.93. The lowest BCUT2D eigenvalue weighted by Gasteiger charge is -2.22. The lowest BCUT2D eigenvalue weighted by atomic mass is 10.1. The van der Waals surface area contributed by atoms with Crippen LogP contribution in [0.1, 0.15) is 40.2 Å². The molecule has 144 valence electrons. The maximum Gasteiger partial charge on any atom is 0.516 e. The molecule has 0 spiro atoms. The van der Waals surface area contributed by atoms with Gasteiger partial charge >= 0.3 is 18.2 Å². The van der Waals surface area contributed by atoms with E-state index in [9.17, 15) is 14.4 Å². The molecule has 0 aliphatic rings. The molecule has 0 unspecified atom stereocenters. The number of ether oxygens (including phenoxy) is 3. The number of esters is 1. The van der Waals surface area contributed by atoms with Gasteiger partial charge in [-0.1, -0.05) is 13.8 Å². The summed E-state index contributed by atoms with van der Waals surface area (Å²) in [6.07, 6.45) is 1.33. The van der Waals surface area contributed by atoms with Crippen molar-refractivity contribution in [3.63, 3.8) is 0 Å². The standard InChI is InChI=1S/C18H26N2O6/c1-12(2)11-24-17(23)25-15(21)14(10-13-6-8-19-9-7-13)20-16(22)26-18(3,4)5/h6-9,12,14H,10-11H2,1-5H3,(H,20,22)/t14-/m0/s1. The van der Waals surface area contributed by atoms with Crippen LogP contribution in [0.3, 0.4) is 0 Å². The number of nitrogens with zero attached hydrogens (tertiary/aromatic N) is 1. The Morgan fingerprint density at radius 3 is 2.31 bits per heavy atom. The summed E-state index contributed by atoms with van der Waals surface area (Å²) in [5, 5.41) is 2.43. The second kappa shape index (κ2) is 9.74. The molecule has 1 aromatic rings. The normalized spacial score (nSPS) is 12.2. The second-order valence-electron chi connectivity index (χ2n) is 7.13. The van der Waals surface area contributed by atoms with Gasteiger partial charge in [0.15, 0.2) is 0 Å². The highest BCUT2D eigenvalue weighted by molar-refractivity contribution is 5.88. The van der Waals surface area contributed by atoms with Gasteiger partial charge in [0.25, 0.3) is 0 Å². The van der Waals surface area contributed by atoms with E-state index in [1.165, 1.54) is 0 Å². The van der Waals surface area contributed by atoms with Crippen molar-refractivity contribution in [3.8, 4) is 0 Å². The van der Waals surface area contributed by atoms with Crippen molar-refractivity contribution in [1.82, 2.24) is 10.3 Å². The minimum absolute atomic E-state index is 0.102. The van der Waals surface area contributed by atoms with Crippen LogP contribution < -0.4 is 5.32 Å². The van der Waals surface area contributed by atoms with Crippen molar-refractivity contribution < 1.29 is 28.6 Å². The van der Waals surface area contributed by atoms with E-state index < -0.39 is 29.9 Å². The van der Waals surface area contributed by atoms with E-state index in [1.807, 2.05) is 13.8 Å². The van der Waals surface area contributed by atoms with Crippen LogP contribution in [0.4, 0.5) is 9.59 Å². The molecule has 8 nitrogen and oxygen atoms in total. The van der Waals surface area contributed by atoms with E-state index in [1.54, 1.807) is 45.3 Å². The molecule has 0 aliphatic carbocycles. The molecule has 1 atom stereocenters. The first kappa shape index (κ1) is 21.4. The Morgan fingerprint density at radius 2 is 1.77 bits per heavy atom. The van der Waals surface area contributed by atoms with E-state index in [0.29, 0.717) is 0 Å². The Labute approximate surface area is 153 Å². The SMILES string of the molecule is CC(C)COC(=O)OC(=O)[C@H](Cc1ccncc1)NC(=O)OC(C)(C)C. The average molecular weight is 366 g/mol. The zero-order chi connectivity index (χ0) is 19.7. The minimum Gasteiger partial charge on any atom is -0.444 e. The fraction of sp³-hybridized carbons (Fsp3) is 0.556. The fourth-order valence-corrected chi connectivity index (χ4v) is 1.82. The molecule has 0 saturated heterocycles. The Bertz CT molecular complexity index is 610. The molecule has 0 aliphatic heterocycles. The number of carbonyl (C=O) groups excluding carboxylic acids is 3. The lowest BCUT2D eigenvalue weighted by molar-refractivity contribution is -0.142. The largest absolute Gasteiger partial charge is 0.516 e. The molecule has 0 saturated carbocycles. The summed E-state index contributed by atoms with van der Waals surface area (Å²) in [5.41, 5.74) is -0.000609. The Morgan fingerprint density at radius 1 is 1.15 bits per heavy atom. The number of carbonyl (C=O) groups is 3. The molecule has 1 amide bonds. The van der Waals surface area contributed by atoms with E-state index in [-0.39, 0.29) is 18.9 Å². The summed E-state index contributed by atoms with van der Waals surface area (Å²) in [6, 6.07) is 2.27. The third-order valence-corrected chi connectivity index (χ3v) is 2.88. The van der Waals surface area contributed by atoms with Crippen molar-refractivity contribution in [2.24, 2.45) is 5.92 Å². The van der Waals surface area contributed by atoms with Gasteiger partial charge in [0, 0.05) is 18.8 Å². The van der Waals surface area contributed by atoms with Crippen LogP contribution in [0, 0.1) is 5.92 Å². The molecule has 0 aromatic carbocycles. The molecular formula is C18H26N2O6. The molecule has 1 heterocycles. The van der Waals surface area contributed by atoms with Gasteiger partial charge in [0.05, 0.1) is 6.61 Å². The number of hydrogen-bond donors (Lipinski definition) is 1. The predicted octanol–water partition coefficient (Wildman–Crippen LogP) is 2.85. The minimum atomic E-state index is -1.11. The van der Waals surface area contributed by atoms with Gasteiger partial charge in [0.2, 0.25) is 0 Å². The maximum atomic E-state index is 12.3. The van der Waals surface area contributed by atoms with Crippen LogP contribution in [-0.2, 0) is 25.4 Å². The fourth-order valence-electron chi connectivity index (χ4n) is 1.82. The second-order valence-corrected chi connectivity index (χ2v) is 7.13. The van der Waals surface area contributed by atoms with Gasteiger partial charge in [-0.15, -0.1) is 0 Å². The first-order valence-electron chi connectivity index (χ1n) is 8.33. The number of amides is 1. The maximum absolute atomic E-state index is 12.3. The highest BCUT2D eigenvalue weighted by Crippen LogP contribution is 2.09. The topological polar surface area (TPSA) is 104 Å². The van der Waals surface area contributed by atoms with Crippen molar-refractivity contribution in [2.75, 3.05) is 6.61 Å². The highest BCUT2D eigenvalue weighted by atomic mass is 16.7. The smallest absolute Gasteiger partial charge is 0.444 e. The van der Waals surface area contributed by atoms with Crippen LogP contribution in [0.15, 0.2) is 24.5 Å². The van der Waals surface area contributed by atoms with Crippen molar-refractivity contribution in [1.29, 1.82) is 0 Å². The summed E-state index contributed by atoms with van der Waals surface area (Å²) >= 11 is 0. The number of nitrogens with one attached hydrogen (secondary N) is 1. The van der Waals surface area contributed by atoms with Crippen molar-refractivity contribution in [2.45, 2.75) is 52.7 Å². The molecule has 8 heteroatoms. The first-order valence-corrected chi connectivity index (χ1v) is 8.33. The molecule has 0 bridgehead atoms. The lowest BCUT2D eigenvalue weighted by Crippen LogP contribution is -2.46. The third kappa shape index (κ3) is 9.00. The molecule has 1 N–H and O–H groups in total. The summed E-state index contributed by atoms with van der Waals surface area (Å²) in [5.74, 6) is -0.827. The Kier molecular flexibility index (Phi) is 8.02. The monoisotopic (exact) mass is 366 g/mol. The van der Waals surface area contributed by atoms with E-state index in [0.717, 1.165) is 5.56 Å². The van der Waals surface area contributed by atoms with Gasteiger partial charge in [0.1, 0.15) is 11.6 Å². The number of rotatable bonds is 6. The summed E-state index contributed by atoms with van der Waals surface area (Å²) in [4.78, 5) is 39.8. The number of hydrogen-bond acceptors (Lipinski definition) is 7. The van der Waals surface area contributed by atoms with Crippen LogP contribution in [0.5, 0.6) is 0 Å². The molecule has 1 aromatic heterocycles. The van der Waals surface area contributed by atoms with Gasteiger partial charge in [-0.05, 0) is 44.4 Å². The Hall–Kier alpha value is -2.64. The Balaban J connectivity index is 2.77. The van der Waals surface area contributed by atoms with Crippen LogP contribution in [0.2, 0.25) is 0 Å². The quantitative estimate of drug-likeness (QED) is 0.610. The zero-order valence-electron chi connectivity index (χ0n) is 15.8. The van der Waals surface area contributed by atoms with Gasteiger partial charge in [-0.25, -0.2) is 14.4 Å². The van der Waals surface area contributed by atoms with E-state index >= 15 is 0 Å². The van der Waals surface area contributed by atoms with Crippen LogP contribution >= 0.6 is 0 Å². The molecule has 0 radical (unpaired) electrons. The van der Waals surface area contributed by atoms with E-state index in [2.05, 4.69) is 15.0 Å². The van der Waals surface area contributed by atoms with E-state index in [4.69, 9.17) is 9.47 Å². The van der Waals surface area contributed by atoms with Crippen molar-refractivity contribution >= 4 is 18.2 Å². The zero-order valence-corrected chi connectivity index (χ0v) is 15.8. The summed E-state index contributed by atoms with van der Waals surface area (Å²) in [7, 11) is 0. The molecule has 26 heavy (non-hydrogen) atoms. The van der Waals surface area contributed by atoms with Gasteiger partial charge in [-0.2, -0.15) is 0 Å². The van der Waals surface area contributed by atoms with Crippen LogP contribution in [0.25, 0.3) is 0 Å². The number of alkyl carbamates (subject to hydrolysis) is 1. The molecule has 0 fully saturated rings. The van der Waals surface area contributed by atoms with Gasteiger partial charge < -0.3 is 19.5 Å². The first-order chi connectivity index (χ1) is 12.1. The van der Waals surface area contributed by atoms with Crippen LogP contribution in [-0.4, -0.2) is 41.5 Å². The average Bonchev–Trinajstić information content (AvgIpc) is 2.51. The number of aromatic nitrogens is 1. The number of pyridine rings is 1. The van der Waals surface area contributed by atoms with Crippen molar-refractivity contribution in [3.05, 3.63) is 30.1 Å². The molecule has 1 rings (SSSR count). The highest BCUT2D eigenvalue weighted by Gasteiger charge is 2.28. The molecular weight excluding hydrogens is 340 g/mol.